The van der Waals surface area contributed by atoms with Crippen LogP contribution in [0.25, 0.3) is 11.4 Å². The highest BCUT2D eigenvalue weighted by Gasteiger charge is 2.11. The molecule has 0 spiro atoms. The van der Waals surface area contributed by atoms with Crippen molar-refractivity contribution in [1.82, 2.24) is 29.7 Å². The lowest BCUT2D eigenvalue weighted by Crippen LogP contribution is -1.98. The molecule has 0 fully saturated rings. The number of nitrogens with zero attached hydrogens (tertiary/aromatic N) is 6. The number of aromatic nitrogens is 6. The minimum absolute atomic E-state index is 0.697. The van der Waals surface area contributed by atoms with Gasteiger partial charge < -0.3 is 4.57 Å². The highest BCUT2D eigenvalue weighted by Crippen LogP contribution is 2.26. The third-order valence-electron chi connectivity index (χ3n) is 3.21. The van der Waals surface area contributed by atoms with E-state index in [0.717, 1.165) is 33.7 Å². The fraction of sp³-hybridized carbons (Fsp3) is 0.267. The topological polar surface area (TPSA) is 69.4 Å². The van der Waals surface area contributed by atoms with E-state index in [1.54, 1.807) is 12.4 Å². The van der Waals surface area contributed by atoms with Gasteiger partial charge in [0.15, 0.2) is 11.0 Å². The Bertz CT molecular complexity index is 784. The van der Waals surface area contributed by atoms with E-state index in [0.29, 0.717) is 5.82 Å². The van der Waals surface area contributed by atoms with E-state index < -0.39 is 0 Å². The average Bonchev–Trinajstić information content (AvgIpc) is 2.88. The second kappa shape index (κ2) is 6.23. The predicted molar refractivity (Wildman–Crippen MR) is 84.5 cm³/mol. The Morgan fingerprint density at radius 2 is 1.91 bits per heavy atom. The fourth-order valence-electron chi connectivity index (χ4n) is 2.06. The van der Waals surface area contributed by atoms with E-state index in [2.05, 4.69) is 32.1 Å². The molecule has 3 aromatic rings. The molecule has 22 heavy (non-hydrogen) atoms. The highest BCUT2D eigenvalue weighted by molar-refractivity contribution is 7.99. The van der Waals surface area contributed by atoms with Gasteiger partial charge in [0.1, 0.15) is 10.9 Å². The normalized spacial score (nSPS) is 10.9. The zero-order valence-corrected chi connectivity index (χ0v) is 13.5. The average molecular weight is 312 g/mol. The molecular formula is C15H16N6S. The maximum atomic E-state index is 4.62. The van der Waals surface area contributed by atoms with Gasteiger partial charge in [-0.2, -0.15) is 0 Å². The summed E-state index contributed by atoms with van der Waals surface area (Å²) in [5.41, 5.74) is 1.87. The first-order valence-electron chi connectivity index (χ1n) is 6.99. The van der Waals surface area contributed by atoms with E-state index in [1.165, 1.54) is 11.8 Å². The molecule has 0 unspecified atom stereocenters. The van der Waals surface area contributed by atoms with E-state index >= 15 is 0 Å². The van der Waals surface area contributed by atoms with Crippen LogP contribution in [-0.4, -0.2) is 29.7 Å². The molecule has 0 N–H and O–H groups in total. The Labute approximate surface area is 133 Å². The van der Waals surface area contributed by atoms with E-state index in [9.17, 15) is 0 Å². The maximum Gasteiger partial charge on any atom is 0.197 e. The molecule has 0 amide bonds. The molecule has 3 rings (SSSR count). The summed E-state index contributed by atoms with van der Waals surface area (Å²) in [6, 6.07) is 5.76. The van der Waals surface area contributed by atoms with Crippen LogP contribution in [-0.2, 0) is 13.5 Å². The number of aryl methyl sites for hydroxylation is 2. The van der Waals surface area contributed by atoms with E-state index in [4.69, 9.17) is 0 Å². The maximum absolute atomic E-state index is 4.62. The van der Waals surface area contributed by atoms with Crippen molar-refractivity contribution < 1.29 is 0 Å². The summed E-state index contributed by atoms with van der Waals surface area (Å²) in [6.07, 6.45) is 4.34. The van der Waals surface area contributed by atoms with Crippen molar-refractivity contribution >= 4 is 11.8 Å². The molecule has 7 heteroatoms. The Hall–Kier alpha value is -2.28. The molecule has 0 saturated carbocycles. The first-order valence-corrected chi connectivity index (χ1v) is 7.81. The van der Waals surface area contributed by atoms with Gasteiger partial charge in [0.2, 0.25) is 0 Å². The van der Waals surface area contributed by atoms with Crippen LogP contribution < -0.4 is 0 Å². The van der Waals surface area contributed by atoms with Crippen LogP contribution >= 0.6 is 11.8 Å². The van der Waals surface area contributed by atoms with Gasteiger partial charge in [-0.15, -0.1) is 10.2 Å². The molecule has 0 aliphatic carbocycles. The fourth-order valence-corrected chi connectivity index (χ4v) is 2.93. The molecule has 0 atom stereocenters. The molecule has 6 nitrogen and oxygen atoms in total. The molecule has 0 aliphatic rings. The van der Waals surface area contributed by atoms with Gasteiger partial charge >= 0.3 is 0 Å². The summed E-state index contributed by atoms with van der Waals surface area (Å²) in [6.45, 7) is 4.03. The van der Waals surface area contributed by atoms with Crippen molar-refractivity contribution in [3.8, 4) is 11.4 Å². The van der Waals surface area contributed by atoms with Gasteiger partial charge in [-0.05, 0) is 36.9 Å². The molecule has 0 aromatic carbocycles. The van der Waals surface area contributed by atoms with Crippen LogP contribution in [0.1, 0.15) is 18.4 Å². The summed E-state index contributed by atoms with van der Waals surface area (Å²) in [5.74, 6) is 1.66. The summed E-state index contributed by atoms with van der Waals surface area (Å²) < 4.78 is 1.99. The summed E-state index contributed by atoms with van der Waals surface area (Å²) in [7, 11) is 1.97. The molecule has 0 radical (unpaired) electrons. The lowest BCUT2D eigenvalue weighted by molar-refractivity contribution is 0.741. The Balaban J connectivity index is 1.94. The third kappa shape index (κ3) is 2.99. The number of pyridine rings is 1. The summed E-state index contributed by atoms with van der Waals surface area (Å²) >= 11 is 1.50. The van der Waals surface area contributed by atoms with Gasteiger partial charge in [0, 0.05) is 37.1 Å². The monoisotopic (exact) mass is 312 g/mol. The number of hydrogen-bond acceptors (Lipinski definition) is 6. The van der Waals surface area contributed by atoms with Crippen LogP contribution in [0.3, 0.4) is 0 Å². The summed E-state index contributed by atoms with van der Waals surface area (Å²) in [5, 5.41) is 10.1. The molecule has 3 aromatic heterocycles. The van der Waals surface area contributed by atoms with Gasteiger partial charge in [-0.25, -0.2) is 9.97 Å². The second-order valence-electron chi connectivity index (χ2n) is 4.82. The minimum Gasteiger partial charge on any atom is -0.309 e. The SMILES string of the molecule is CCc1nnc(Sc2cc(C)nc(-c3ccncc3)n2)n1C. The molecule has 3 heterocycles. The molecule has 0 bridgehead atoms. The van der Waals surface area contributed by atoms with Crippen molar-refractivity contribution in [2.75, 3.05) is 0 Å². The van der Waals surface area contributed by atoms with Crippen LogP contribution in [0.15, 0.2) is 40.8 Å². The highest BCUT2D eigenvalue weighted by atomic mass is 32.2. The first-order chi connectivity index (χ1) is 10.7. The zero-order chi connectivity index (χ0) is 15.5. The van der Waals surface area contributed by atoms with Crippen molar-refractivity contribution in [3.05, 3.63) is 42.1 Å². The molecule has 0 saturated heterocycles. The van der Waals surface area contributed by atoms with Gasteiger partial charge in [-0.1, -0.05) is 6.92 Å². The van der Waals surface area contributed by atoms with Gasteiger partial charge in [0.25, 0.3) is 0 Å². The smallest absolute Gasteiger partial charge is 0.197 e. The zero-order valence-electron chi connectivity index (χ0n) is 12.7. The van der Waals surface area contributed by atoms with Crippen molar-refractivity contribution in [1.29, 1.82) is 0 Å². The van der Waals surface area contributed by atoms with Crippen LogP contribution in [0.2, 0.25) is 0 Å². The van der Waals surface area contributed by atoms with Crippen molar-refractivity contribution in [3.63, 3.8) is 0 Å². The Morgan fingerprint density at radius 1 is 1.14 bits per heavy atom. The van der Waals surface area contributed by atoms with Crippen LogP contribution in [0.5, 0.6) is 0 Å². The van der Waals surface area contributed by atoms with E-state index in [-0.39, 0.29) is 0 Å². The standard InChI is InChI=1S/C15H16N6S/c1-4-12-19-20-15(21(12)3)22-13-9-10(2)17-14(18-13)11-5-7-16-8-6-11/h5-9H,4H2,1-3H3. The minimum atomic E-state index is 0.697. The molecule has 0 aliphatic heterocycles. The molecule has 112 valence electrons. The number of hydrogen-bond donors (Lipinski definition) is 0. The predicted octanol–water partition coefficient (Wildman–Crippen LogP) is 2.69. The Kier molecular flexibility index (Phi) is 4.15. The Morgan fingerprint density at radius 3 is 2.59 bits per heavy atom. The first kappa shape index (κ1) is 14.6. The third-order valence-corrected chi connectivity index (χ3v) is 4.16. The summed E-state index contributed by atoms with van der Waals surface area (Å²) in [4.78, 5) is 13.1. The van der Waals surface area contributed by atoms with Gasteiger partial charge in [0.05, 0.1) is 0 Å². The van der Waals surface area contributed by atoms with E-state index in [1.807, 2.05) is 36.7 Å². The quantitative estimate of drug-likeness (QED) is 0.690. The lowest BCUT2D eigenvalue weighted by Gasteiger charge is -2.06. The second-order valence-corrected chi connectivity index (χ2v) is 5.81. The van der Waals surface area contributed by atoms with Crippen LogP contribution in [0.4, 0.5) is 0 Å². The molecular weight excluding hydrogens is 296 g/mol. The van der Waals surface area contributed by atoms with Crippen LogP contribution in [0, 0.1) is 6.92 Å². The largest absolute Gasteiger partial charge is 0.309 e. The number of rotatable bonds is 4. The van der Waals surface area contributed by atoms with Crippen molar-refractivity contribution in [2.24, 2.45) is 7.05 Å². The van der Waals surface area contributed by atoms with Crippen molar-refractivity contribution in [2.45, 2.75) is 30.5 Å². The van der Waals surface area contributed by atoms with Gasteiger partial charge in [-0.3, -0.25) is 4.98 Å². The lowest BCUT2D eigenvalue weighted by atomic mass is 10.2.